The van der Waals surface area contributed by atoms with Crippen LogP contribution >= 0.6 is 11.8 Å². The van der Waals surface area contributed by atoms with Crippen LogP contribution in [0.3, 0.4) is 0 Å². The van der Waals surface area contributed by atoms with Crippen molar-refractivity contribution in [1.29, 1.82) is 0 Å². The number of rotatable bonds is 12. The van der Waals surface area contributed by atoms with Gasteiger partial charge in [-0.25, -0.2) is 13.6 Å². The van der Waals surface area contributed by atoms with Crippen molar-refractivity contribution in [2.24, 2.45) is 11.7 Å². The molecule has 39 heavy (non-hydrogen) atoms. The van der Waals surface area contributed by atoms with E-state index in [0.717, 1.165) is 29.8 Å². The van der Waals surface area contributed by atoms with Crippen molar-refractivity contribution in [3.63, 3.8) is 0 Å². The molecule has 0 fully saturated rings. The van der Waals surface area contributed by atoms with Gasteiger partial charge in [0.05, 0.1) is 5.52 Å². The fraction of sp³-hybridized carbons (Fsp3) is 0.276. The predicted molar refractivity (Wildman–Crippen MR) is 149 cm³/mol. The number of carboxylic acids is 1. The third-order valence-corrected chi connectivity index (χ3v) is 7.87. The average molecular weight is 553 g/mol. The van der Waals surface area contributed by atoms with E-state index in [1.54, 1.807) is 24.3 Å². The maximum absolute atomic E-state index is 13.9. The fourth-order valence-corrected chi connectivity index (χ4v) is 5.84. The first-order valence-electron chi connectivity index (χ1n) is 12.6. The molecule has 0 aliphatic rings. The quantitative estimate of drug-likeness (QED) is 0.153. The number of carbonyl (C=O) groups is 1. The molecule has 1 aromatic heterocycles. The third kappa shape index (κ3) is 7.50. The number of thioether (sulfide) groups is 1. The summed E-state index contributed by atoms with van der Waals surface area (Å²) in [6.07, 6.45) is 0.945. The number of fused-ring (bicyclic) bond motifs is 1. The van der Waals surface area contributed by atoms with Crippen LogP contribution in [-0.2, 0) is 24.2 Å². The second-order valence-electron chi connectivity index (χ2n) is 9.38. The van der Waals surface area contributed by atoms with E-state index < -0.39 is 40.5 Å². The number of nitrogens with two attached hydrogens (primary N) is 1. The smallest absolute Gasteiger partial charge is 0.346 e. The molecule has 7 nitrogen and oxygen atoms in total. The van der Waals surface area contributed by atoms with Gasteiger partial charge in [0.2, 0.25) is 0 Å². The number of hydrogen-bond acceptors (Lipinski definition) is 6. The average Bonchev–Trinajstić information content (AvgIpc) is 2.89. The Kier molecular flexibility index (Phi) is 9.45. The van der Waals surface area contributed by atoms with E-state index in [0.29, 0.717) is 23.0 Å². The van der Waals surface area contributed by atoms with Gasteiger partial charge in [-0.2, -0.15) is 4.98 Å². The Morgan fingerprint density at radius 1 is 1.05 bits per heavy atom. The molecule has 0 saturated carbocycles. The molecular weight excluding hydrogens is 522 g/mol. The van der Waals surface area contributed by atoms with Crippen molar-refractivity contribution in [3.8, 4) is 0 Å². The van der Waals surface area contributed by atoms with Crippen LogP contribution in [0.15, 0.2) is 76.6 Å². The number of hydrogen-bond donors (Lipinski definition) is 4. The summed E-state index contributed by atoms with van der Waals surface area (Å²) in [6.45, 7) is 2.76. The highest BCUT2D eigenvalue weighted by Crippen LogP contribution is 2.33. The van der Waals surface area contributed by atoms with E-state index in [9.17, 15) is 23.5 Å². The van der Waals surface area contributed by atoms with Gasteiger partial charge in [0.25, 0.3) is 0 Å². The second-order valence-corrected chi connectivity index (χ2v) is 10.5. The lowest BCUT2D eigenvalue weighted by Crippen LogP contribution is -2.47. The molecule has 0 aliphatic carbocycles. The minimum Gasteiger partial charge on any atom is -0.480 e. The van der Waals surface area contributed by atoms with Gasteiger partial charge in [-0.3, -0.25) is 4.79 Å². The molecule has 204 valence electrons. The minimum atomic E-state index is -1.13. The molecule has 0 radical (unpaired) electrons. The Morgan fingerprint density at radius 2 is 1.77 bits per heavy atom. The fourth-order valence-electron chi connectivity index (χ4n) is 4.58. The van der Waals surface area contributed by atoms with Crippen molar-refractivity contribution in [2.45, 2.75) is 42.6 Å². The summed E-state index contributed by atoms with van der Waals surface area (Å²) >= 11 is 0.947. The van der Waals surface area contributed by atoms with Crippen LogP contribution in [0.5, 0.6) is 0 Å². The van der Waals surface area contributed by atoms with E-state index in [4.69, 9.17) is 5.73 Å². The summed E-state index contributed by atoms with van der Waals surface area (Å²) in [5.41, 5.74) is 9.05. The van der Waals surface area contributed by atoms with Crippen LogP contribution in [0.2, 0.25) is 0 Å². The molecule has 2 unspecified atom stereocenters. The lowest BCUT2D eigenvalue weighted by molar-refractivity contribution is -0.137. The Hall–Kier alpha value is -3.60. The summed E-state index contributed by atoms with van der Waals surface area (Å²) in [7, 11) is 0. The van der Waals surface area contributed by atoms with Gasteiger partial charge in [-0.05, 0) is 47.7 Å². The molecule has 0 amide bonds. The first kappa shape index (κ1) is 28.4. The van der Waals surface area contributed by atoms with Gasteiger partial charge < -0.3 is 21.1 Å². The first-order valence-corrected chi connectivity index (χ1v) is 13.5. The Balaban J connectivity index is 1.63. The van der Waals surface area contributed by atoms with E-state index in [1.807, 2.05) is 18.2 Å². The Labute approximate surface area is 228 Å². The van der Waals surface area contributed by atoms with Crippen LogP contribution in [0, 0.1) is 17.6 Å². The molecular formula is C29H30F2N4O3S. The normalized spacial score (nSPS) is 13.7. The molecule has 0 bridgehead atoms. The predicted octanol–water partition coefficient (Wildman–Crippen LogP) is 4.29. The number of carboxylic acid groups (broad SMARTS) is 1. The van der Waals surface area contributed by atoms with Crippen LogP contribution in [0.4, 0.5) is 8.78 Å². The van der Waals surface area contributed by atoms with Gasteiger partial charge in [-0.1, -0.05) is 61.2 Å². The van der Waals surface area contributed by atoms with E-state index in [2.05, 4.69) is 28.3 Å². The van der Waals surface area contributed by atoms with Crippen LogP contribution < -0.4 is 16.7 Å². The molecule has 4 aromatic rings. The number of aromatic nitrogens is 2. The number of H-pyrrole nitrogens is 1. The number of para-hydroxylation sites is 1. The lowest BCUT2D eigenvalue weighted by atomic mass is 9.90. The molecule has 4 rings (SSSR count). The third-order valence-electron chi connectivity index (χ3n) is 6.53. The van der Waals surface area contributed by atoms with Gasteiger partial charge in [0, 0.05) is 36.5 Å². The van der Waals surface area contributed by atoms with Gasteiger partial charge in [-0.15, -0.1) is 0 Å². The van der Waals surface area contributed by atoms with Crippen LogP contribution in [0.25, 0.3) is 10.9 Å². The number of nitrogens with zero attached hydrogens (tertiary/aromatic N) is 1. The SMILES string of the molecule is CCc1cccc(CNCC(C(N)Cc2cc(F)cc(F)c2)[C@H](Sc2nc(=O)[nH]c3ccccc23)C(=O)O)c1. The Bertz CT molecular complexity index is 1490. The van der Waals surface area contributed by atoms with E-state index in [1.165, 1.54) is 17.7 Å². The molecule has 1 heterocycles. The van der Waals surface area contributed by atoms with Crippen molar-refractivity contribution in [3.05, 3.63) is 106 Å². The monoisotopic (exact) mass is 552 g/mol. The summed E-state index contributed by atoms with van der Waals surface area (Å²) in [4.78, 5) is 31.5. The number of halogens is 2. The number of nitrogens with one attached hydrogen (secondary N) is 2. The van der Waals surface area contributed by atoms with E-state index in [-0.39, 0.29) is 18.0 Å². The van der Waals surface area contributed by atoms with Gasteiger partial charge in [0.1, 0.15) is 21.9 Å². The van der Waals surface area contributed by atoms with Crippen LogP contribution in [0.1, 0.15) is 23.6 Å². The summed E-state index contributed by atoms with van der Waals surface area (Å²) in [6, 6.07) is 17.4. The molecule has 5 N–H and O–H groups in total. The molecule has 0 saturated heterocycles. The largest absolute Gasteiger partial charge is 0.480 e. The topological polar surface area (TPSA) is 121 Å². The minimum absolute atomic E-state index is 0.0558. The standard InChI is InChI=1S/C29H30F2N4O3S/c1-2-17-6-5-7-18(10-17)15-33-16-23(24(32)13-19-11-20(30)14-21(31)12-19)26(28(36)37)39-27-22-8-3-4-9-25(22)34-29(38)35-27/h3-12,14,23-24,26,33H,2,13,15-16,32H2,1H3,(H,36,37)(H,34,35,38)/t23?,24?,26-/m0/s1. The zero-order chi connectivity index (χ0) is 27.9. The van der Waals surface area contributed by atoms with Crippen molar-refractivity contribution < 1.29 is 18.7 Å². The number of aryl methyl sites for hydroxylation is 1. The molecule has 10 heteroatoms. The summed E-state index contributed by atoms with van der Waals surface area (Å²) in [5, 5.41) is 13.4. The molecule has 3 aromatic carbocycles. The molecule has 0 aliphatic heterocycles. The maximum atomic E-state index is 13.9. The van der Waals surface area contributed by atoms with Crippen molar-refractivity contribution >= 4 is 28.6 Å². The van der Waals surface area contributed by atoms with E-state index >= 15 is 0 Å². The number of aliphatic carboxylic acids is 1. The van der Waals surface area contributed by atoms with Crippen LogP contribution in [-0.4, -0.2) is 38.9 Å². The van der Waals surface area contributed by atoms with Gasteiger partial charge >= 0.3 is 11.7 Å². The van der Waals surface area contributed by atoms with Crippen molar-refractivity contribution in [2.75, 3.05) is 6.54 Å². The number of benzene rings is 3. The zero-order valence-electron chi connectivity index (χ0n) is 21.4. The maximum Gasteiger partial charge on any atom is 0.346 e. The summed E-state index contributed by atoms with van der Waals surface area (Å²) in [5.74, 6) is -3.28. The lowest BCUT2D eigenvalue weighted by Gasteiger charge is -2.29. The number of aromatic amines is 1. The van der Waals surface area contributed by atoms with Crippen molar-refractivity contribution in [1.82, 2.24) is 15.3 Å². The summed E-state index contributed by atoms with van der Waals surface area (Å²) < 4.78 is 27.7. The molecule has 0 spiro atoms. The highest BCUT2D eigenvalue weighted by Gasteiger charge is 2.34. The van der Waals surface area contributed by atoms with Gasteiger partial charge in [0.15, 0.2) is 0 Å². The zero-order valence-corrected chi connectivity index (χ0v) is 22.2. The highest BCUT2D eigenvalue weighted by atomic mass is 32.2. The second kappa shape index (κ2) is 13.0. The highest BCUT2D eigenvalue weighted by molar-refractivity contribution is 8.00. The Morgan fingerprint density at radius 3 is 2.49 bits per heavy atom. The molecule has 3 atom stereocenters. The first-order chi connectivity index (χ1) is 18.7.